The van der Waals surface area contributed by atoms with Gasteiger partial charge in [0.05, 0.1) is 0 Å². The molecule has 0 saturated heterocycles. The minimum absolute atomic E-state index is 0. The van der Waals surface area contributed by atoms with Crippen molar-refractivity contribution < 1.29 is 0 Å². The Bertz CT molecular complexity index is 205. The standard InChI is InChI=1S/C7H10N2.ClH/c1-3-4-7-8-5-6-9(7)2;/h3,5-6H,1,4H2,2H3;1H. The molecule has 0 saturated carbocycles. The van der Waals surface area contributed by atoms with E-state index in [9.17, 15) is 0 Å². The van der Waals surface area contributed by atoms with Crippen molar-refractivity contribution in [1.29, 1.82) is 0 Å². The van der Waals surface area contributed by atoms with Crippen LogP contribution in [0.4, 0.5) is 0 Å². The first-order chi connectivity index (χ1) is 4.34. The van der Waals surface area contributed by atoms with Crippen LogP contribution >= 0.6 is 12.4 Å². The predicted octanol–water partition coefficient (Wildman–Crippen LogP) is 1.57. The second-order valence-corrected chi connectivity index (χ2v) is 1.95. The van der Waals surface area contributed by atoms with Gasteiger partial charge in [-0.15, -0.1) is 19.0 Å². The molecule has 3 heteroatoms. The zero-order valence-electron chi connectivity index (χ0n) is 5.95. The molecule has 0 aliphatic heterocycles. The van der Waals surface area contributed by atoms with Crippen molar-refractivity contribution in [1.82, 2.24) is 9.55 Å². The Morgan fingerprint density at radius 3 is 2.90 bits per heavy atom. The molecule has 0 unspecified atom stereocenters. The number of hydrogen-bond donors (Lipinski definition) is 0. The van der Waals surface area contributed by atoms with Crippen molar-refractivity contribution >= 4 is 12.4 Å². The molecule has 1 aromatic heterocycles. The largest absolute Gasteiger partial charge is 0.338 e. The zero-order valence-corrected chi connectivity index (χ0v) is 6.77. The minimum Gasteiger partial charge on any atom is -0.338 e. The van der Waals surface area contributed by atoms with Crippen LogP contribution in [0.5, 0.6) is 0 Å². The molecule has 0 amide bonds. The first-order valence-corrected chi connectivity index (χ1v) is 2.91. The van der Waals surface area contributed by atoms with Gasteiger partial charge >= 0.3 is 0 Å². The molecule has 0 aromatic carbocycles. The summed E-state index contributed by atoms with van der Waals surface area (Å²) in [6.07, 6.45) is 6.42. The summed E-state index contributed by atoms with van der Waals surface area (Å²) in [4.78, 5) is 4.10. The first kappa shape index (κ1) is 9.24. The number of halogens is 1. The summed E-state index contributed by atoms with van der Waals surface area (Å²) in [6.45, 7) is 3.62. The van der Waals surface area contributed by atoms with Gasteiger partial charge in [0.2, 0.25) is 0 Å². The van der Waals surface area contributed by atoms with Gasteiger partial charge < -0.3 is 4.57 Å². The van der Waals surface area contributed by atoms with Crippen LogP contribution in [0, 0.1) is 0 Å². The van der Waals surface area contributed by atoms with Crippen LogP contribution in [0.1, 0.15) is 5.82 Å². The highest BCUT2D eigenvalue weighted by atomic mass is 35.5. The number of rotatable bonds is 2. The van der Waals surface area contributed by atoms with Crippen molar-refractivity contribution in [2.24, 2.45) is 7.05 Å². The monoisotopic (exact) mass is 158 g/mol. The summed E-state index contributed by atoms with van der Waals surface area (Å²) < 4.78 is 1.99. The molecule has 1 heterocycles. The third-order valence-corrected chi connectivity index (χ3v) is 1.25. The van der Waals surface area contributed by atoms with Gasteiger partial charge in [0.1, 0.15) is 5.82 Å². The van der Waals surface area contributed by atoms with Gasteiger partial charge in [-0.25, -0.2) is 4.98 Å². The van der Waals surface area contributed by atoms with Crippen molar-refractivity contribution in [3.05, 3.63) is 30.9 Å². The molecule has 0 radical (unpaired) electrons. The second-order valence-electron chi connectivity index (χ2n) is 1.95. The lowest BCUT2D eigenvalue weighted by Crippen LogP contribution is -1.93. The van der Waals surface area contributed by atoms with Crippen LogP contribution in [-0.2, 0) is 13.5 Å². The Morgan fingerprint density at radius 2 is 2.50 bits per heavy atom. The molecule has 0 fully saturated rings. The highest BCUT2D eigenvalue weighted by Gasteiger charge is 1.92. The van der Waals surface area contributed by atoms with E-state index in [0.29, 0.717) is 0 Å². The molecule has 10 heavy (non-hydrogen) atoms. The number of nitrogens with zero attached hydrogens (tertiary/aromatic N) is 2. The quantitative estimate of drug-likeness (QED) is 0.598. The molecule has 1 aromatic rings. The number of hydrogen-bond acceptors (Lipinski definition) is 1. The van der Waals surface area contributed by atoms with Crippen molar-refractivity contribution in [2.45, 2.75) is 6.42 Å². The van der Waals surface area contributed by atoms with Crippen molar-refractivity contribution in [3.8, 4) is 0 Å². The van der Waals surface area contributed by atoms with E-state index in [4.69, 9.17) is 0 Å². The Hall–Kier alpha value is -0.760. The van der Waals surface area contributed by atoms with Gasteiger partial charge in [-0.05, 0) is 0 Å². The highest BCUT2D eigenvalue weighted by Crippen LogP contribution is 1.94. The molecule has 0 N–H and O–H groups in total. The number of aromatic nitrogens is 2. The predicted molar refractivity (Wildman–Crippen MR) is 44.4 cm³/mol. The van der Waals surface area contributed by atoms with Gasteiger partial charge in [-0.2, -0.15) is 0 Å². The van der Waals surface area contributed by atoms with E-state index in [1.165, 1.54) is 0 Å². The number of allylic oxidation sites excluding steroid dienone is 1. The maximum atomic E-state index is 4.10. The van der Waals surface area contributed by atoms with Gasteiger partial charge in [0.25, 0.3) is 0 Å². The average molecular weight is 159 g/mol. The summed E-state index contributed by atoms with van der Waals surface area (Å²) in [5.41, 5.74) is 0. The maximum absolute atomic E-state index is 4.10. The molecule has 0 bridgehead atoms. The fraction of sp³-hybridized carbons (Fsp3) is 0.286. The van der Waals surface area contributed by atoms with E-state index in [0.717, 1.165) is 12.2 Å². The third-order valence-electron chi connectivity index (χ3n) is 1.25. The van der Waals surface area contributed by atoms with E-state index in [2.05, 4.69) is 11.6 Å². The van der Waals surface area contributed by atoms with E-state index in [1.807, 2.05) is 23.9 Å². The number of aryl methyl sites for hydroxylation is 1. The zero-order chi connectivity index (χ0) is 6.69. The molecule has 0 atom stereocenters. The summed E-state index contributed by atoms with van der Waals surface area (Å²) in [5.74, 6) is 1.06. The van der Waals surface area contributed by atoms with Crippen molar-refractivity contribution in [3.63, 3.8) is 0 Å². The average Bonchev–Trinajstić information content (AvgIpc) is 2.18. The summed E-state index contributed by atoms with van der Waals surface area (Å²) in [5, 5.41) is 0. The third kappa shape index (κ3) is 1.88. The molecule has 1 rings (SSSR count). The Kier molecular flexibility index (Phi) is 3.81. The van der Waals surface area contributed by atoms with Crippen LogP contribution < -0.4 is 0 Å². The van der Waals surface area contributed by atoms with Gasteiger partial charge in [0.15, 0.2) is 0 Å². The Labute approximate surface area is 67.0 Å². The van der Waals surface area contributed by atoms with Crippen LogP contribution in [0.2, 0.25) is 0 Å². The molecule has 56 valence electrons. The smallest absolute Gasteiger partial charge is 0.112 e. The molecule has 0 aliphatic carbocycles. The van der Waals surface area contributed by atoms with Gasteiger partial charge in [0, 0.05) is 25.9 Å². The van der Waals surface area contributed by atoms with Crippen LogP contribution in [0.15, 0.2) is 25.0 Å². The molecule has 0 aliphatic rings. The van der Waals surface area contributed by atoms with Gasteiger partial charge in [-0.3, -0.25) is 0 Å². The van der Waals surface area contributed by atoms with Gasteiger partial charge in [-0.1, -0.05) is 6.08 Å². The SMILES string of the molecule is C=CCc1nccn1C.Cl. The van der Waals surface area contributed by atoms with E-state index >= 15 is 0 Å². The van der Waals surface area contributed by atoms with Crippen LogP contribution in [0.3, 0.4) is 0 Å². The Balaban J connectivity index is 0.000000810. The fourth-order valence-electron chi connectivity index (χ4n) is 0.722. The minimum atomic E-state index is 0. The lowest BCUT2D eigenvalue weighted by molar-refractivity contribution is 0.830. The summed E-state index contributed by atoms with van der Waals surface area (Å²) in [7, 11) is 1.98. The number of imidazole rings is 1. The molecule has 2 nitrogen and oxygen atoms in total. The topological polar surface area (TPSA) is 17.8 Å². The molecular weight excluding hydrogens is 148 g/mol. The van der Waals surface area contributed by atoms with E-state index in [-0.39, 0.29) is 12.4 Å². The molecule has 0 spiro atoms. The fourth-order valence-corrected chi connectivity index (χ4v) is 0.722. The molecular formula is C7H11ClN2. The lowest BCUT2D eigenvalue weighted by Gasteiger charge is -1.93. The normalized spacial score (nSPS) is 8.50. The van der Waals surface area contributed by atoms with Crippen LogP contribution in [-0.4, -0.2) is 9.55 Å². The highest BCUT2D eigenvalue weighted by molar-refractivity contribution is 5.85. The maximum Gasteiger partial charge on any atom is 0.112 e. The first-order valence-electron chi connectivity index (χ1n) is 2.91. The van der Waals surface area contributed by atoms with Crippen molar-refractivity contribution in [2.75, 3.05) is 0 Å². The summed E-state index contributed by atoms with van der Waals surface area (Å²) >= 11 is 0. The summed E-state index contributed by atoms with van der Waals surface area (Å²) in [6, 6.07) is 0. The lowest BCUT2D eigenvalue weighted by atomic mass is 10.4. The second kappa shape index (κ2) is 4.12. The van der Waals surface area contributed by atoms with Crippen LogP contribution in [0.25, 0.3) is 0 Å². The van der Waals surface area contributed by atoms with E-state index < -0.39 is 0 Å². The van der Waals surface area contributed by atoms with E-state index in [1.54, 1.807) is 6.20 Å². The Morgan fingerprint density at radius 1 is 1.80 bits per heavy atom.